The maximum absolute atomic E-state index is 13.0. The molecule has 11 heteroatoms. The van der Waals surface area contributed by atoms with Crippen molar-refractivity contribution in [1.29, 1.82) is 0 Å². The highest BCUT2D eigenvalue weighted by atomic mass is 32.2. The molecule has 4 aliphatic rings. The lowest BCUT2D eigenvalue weighted by atomic mass is 9.78. The molecule has 9 nitrogen and oxygen atoms in total. The molecule has 0 aromatic carbocycles. The van der Waals surface area contributed by atoms with Gasteiger partial charge in [-0.1, -0.05) is 32.0 Å². The SMILES string of the molecule is CCC1(C)CC(=O)N(SC2C(NC(C)=O)C(=O)N2C(C(=O)O[Si](C)(C)C)=C(C)C)C(=O)C1.c1cc2cc-2c1. The molecular weight excluding hydrogens is 522 g/mol. The summed E-state index contributed by atoms with van der Waals surface area (Å²) < 4.78 is 6.68. The number of nitrogens with zero attached hydrogens (tertiary/aromatic N) is 2. The number of rotatable bonds is 7. The number of piperidine rings is 1. The zero-order valence-corrected chi connectivity index (χ0v) is 25.2. The Hall–Kier alpha value is -2.92. The van der Waals surface area contributed by atoms with Gasteiger partial charge in [0.2, 0.25) is 26.0 Å². The first kappa shape index (κ1) is 29.6. The Kier molecular flexibility index (Phi) is 8.62. The lowest BCUT2D eigenvalue weighted by Gasteiger charge is -2.48. The van der Waals surface area contributed by atoms with E-state index in [0.29, 0.717) is 12.0 Å². The van der Waals surface area contributed by atoms with Crippen LogP contribution in [-0.2, 0) is 28.4 Å². The summed E-state index contributed by atoms with van der Waals surface area (Å²) in [7, 11) is -2.25. The van der Waals surface area contributed by atoms with Gasteiger partial charge in [-0.3, -0.25) is 24.1 Å². The van der Waals surface area contributed by atoms with Crippen LogP contribution in [0.2, 0.25) is 19.6 Å². The van der Waals surface area contributed by atoms with E-state index < -0.39 is 42.9 Å². The number of amides is 4. The Bertz CT molecular complexity index is 1170. The number of likely N-dealkylation sites (tertiary alicyclic amines) is 1. The van der Waals surface area contributed by atoms with Crippen LogP contribution in [0.4, 0.5) is 0 Å². The fourth-order valence-corrected chi connectivity index (χ4v) is 6.10. The number of carbonyl (C=O) groups is 5. The third-order valence-electron chi connectivity index (χ3n) is 6.50. The molecule has 0 bridgehead atoms. The van der Waals surface area contributed by atoms with Gasteiger partial charge < -0.3 is 9.74 Å². The Morgan fingerprint density at radius 3 is 2.00 bits per heavy atom. The predicted octanol–water partition coefficient (Wildman–Crippen LogP) is 4.21. The monoisotopic (exact) mass is 559 g/mol. The van der Waals surface area contributed by atoms with Gasteiger partial charge in [-0.2, -0.15) is 0 Å². The van der Waals surface area contributed by atoms with Crippen molar-refractivity contribution < 1.29 is 28.4 Å². The normalized spacial score (nSPS) is 21.1. The number of fused-ring (bicyclic) bond motifs is 1. The van der Waals surface area contributed by atoms with Gasteiger partial charge in [0, 0.05) is 19.8 Å². The third-order valence-corrected chi connectivity index (χ3v) is 8.61. The van der Waals surface area contributed by atoms with Crippen molar-refractivity contribution in [3.8, 4) is 11.1 Å². The summed E-state index contributed by atoms with van der Waals surface area (Å²) in [5.41, 5.74) is 3.09. The molecule has 0 spiro atoms. The minimum absolute atomic E-state index is 0.0758. The van der Waals surface area contributed by atoms with Gasteiger partial charge in [-0.25, -0.2) is 9.10 Å². The number of hydrogen-bond acceptors (Lipinski definition) is 7. The molecule has 2 atom stereocenters. The van der Waals surface area contributed by atoms with Crippen molar-refractivity contribution in [3.05, 3.63) is 35.5 Å². The van der Waals surface area contributed by atoms with Crippen molar-refractivity contribution in [2.45, 2.75) is 84.9 Å². The molecule has 2 aliphatic heterocycles. The first-order chi connectivity index (χ1) is 17.6. The Balaban J connectivity index is 0.000000572. The number of carbonyl (C=O) groups excluding carboxylic acids is 5. The van der Waals surface area contributed by atoms with Gasteiger partial charge in [0.05, 0.1) is 0 Å². The number of allylic oxidation sites excluding steroid dienone is 1. The Morgan fingerprint density at radius 1 is 1.08 bits per heavy atom. The van der Waals surface area contributed by atoms with Crippen LogP contribution in [0.3, 0.4) is 0 Å². The topological polar surface area (TPSA) is 113 Å². The molecule has 206 valence electrons. The van der Waals surface area contributed by atoms with E-state index in [4.69, 9.17) is 4.43 Å². The van der Waals surface area contributed by atoms with Crippen molar-refractivity contribution in [2.24, 2.45) is 5.41 Å². The quantitative estimate of drug-likeness (QED) is 0.178. The largest absolute Gasteiger partial charge is 0.515 e. The molecule has 2 unspecified atom stereocenters. The standard InChI is InChI=1S/C21H33N3O6SSi.C6H4/c1-9-21(5)10-14(26)24(15(27)11-21)31-19-16(22-13(4)25)18(28)23(19)17(12(2)3)20(29)30-32(6,7)8;1-2-5-4-6(5)3-1/h16,19H,9-11H2,1-8H3,(H,22,25);1-4H. The lowest BCUT2D eigenvalue weighted by molar-refractivity contribution is -0.150. The molecule has 0 saturated carbocycles. The molecule has 2 fully saturated rings. The number of imide groups is 1. The summed E-state index contributed by atoms with van der Waals surface area (Å²) in [5, 5.41) is 1.74. The maximum Gasteiger partial charge on any atom is 0.341 e. The van der Waals surface area contributed by atoms with E-state index in [1.807, 2.05) is 33.5 Å². The van der Waals surface area contributed by atoms with Crippen LogP contribution in [0.5, 0.6) is 0 Å². The van der Waals surface area contributed by atoms with E-state index in [2.05, 4.69) is 29.6 Å². The molecule has 2 aliphatic carbocycles. The van der Waals surface area contributed by atoms with Crippen molar-refractivity contribution in [3.63, 3.8) is 0 Å². The van der Waals surface area contributed by atoms with Crippen LogP contribution in [-0.4, -0.2) is 58.5 Å². The summed E-state index contributed by atoms with van der Waals surface area (Å²) >= 11 is 0.872. The number of hydrogen-bond donors (Lipinski definition) is 1. The first-order valence-corrected chi connectivity index (χ1v) is 17.0. The predicted molar refractivity (Wildman–Crippen MR) is 149 cm³/mol. The van der Waals surface area contributed by atoms with Crippen LogP contribution < -0.4 is 5.32 Å². The van der Waals surface area contributed by atoms with E-state index >= 15 is 0 Å². The summed E-state index contributed by atoms with van der Waals surface area (Å²) in [6.45, 7) is 14.1. The lowest BCUT2D eigenvalue weighted by Crippen LogP contribution is -2.70. The summed E-state index contributed by atoms with van der Waals surface area (Å²) in [6.07, 6.45) is 1.11. The number of nitrogens with one attached hydrogen (secondary N) is 1. The minimum atomic E-state index is -2.25. The molecule has 4 amide bonds. The second kappa shape index (κ2) is 11.1. The average molecular weight is 560 g/mol. The van der Waals surface area contributed by atoms with Crippen molar-refractivity contribution in [2.75, 3.05) is 0 Å². The van der Waals surface area contributed by atoms with Gasteiger partial charge in [0.15, 0.2) is 0 Å². The molecular formula is C27H37N3O6SSi. The average Bonchev–Trinajstić information content (AvgIpc) is 3.39. The molecule has 4 rings (SSSR count). The summed E-state index contributed by atoms with van der Waals surface area (Å²) in [5.74, 6) is -2.23. The molecule has 0 aromatic rings. The summed E-state index contributed by atoms with van der Waals surface area (Å²) in [4.78, 5) is 64.4. The summed E-state index contributed by atoms with van der Waals surface area (Å²) in [6, 6.07) is 7.52. The first-order valence-electron chi connectivity index (χ1n) is 12.7. The van der Waals surface area contributed by atoms with Gasteiger partial charge in [0.1, 0.15) is 17.1 Å². The van der Waals surface area contributed by atoms with Gasteiger partial charge in [-0.05, 0) is 80.0 Å². The van der Waals surface area contributed by atoms with Crippen LogP contribution in [0.25, 0.3) is 11.1 Å². The van der Waals surface area contributed by atoms with Gasteiger partial charge in [-0.15, -0.1) is 0 Å². The van der Waals surface area contributed by atoms with Crippen LogP contribution in [0, 0.1) is 5.41 Å². The third kappa shape index (κ3) is 6.74. The van der Waals surface area contributed by atoms with Crippen molar-refractivity contribution in [1.82, 2.24) is 14.5 Å². The molecule has 0 aromatic heterocycles. The Labute approximate surface area is 229 Å². The molecule has 2 heterocycles. The maximum atomic E-state index is 13.0. The van der Waals surface area contributed by atoms with Gasteiger partial charge in [0.25, 0.3) is 5.91 Å². The van der Waals surface area contributed by atoms with Crippen LogP contribution in [0.15, 0.2) is 35.5 Å². The molecule has 2 saturated heterocycles. The molecule has 38 heavy (non-hydrogen) atoms. The number of β-lactam (4-membered cyclic amide) rings is 1. The van der Waals surface area contributed by atoms with E-state index in [-0.39, 0.29) is 30.4 Å². The van der Waals surface area contributed by atoms with E-state index in [1.165, 1.54) is 23.0 Å². The highest BCUT2D eigenvalue weighted by molar-refractivity contribution is 7.98. The van der Waals surface area contributed by atoms with E-state index in [1.54, 1.807) is 13.8 Å². The smallest absolute Gasteiger partial charge is 0.341 e. The fraction of sp³-hybridized carbons (Fsp3) is 0.519. The second-order valence-corrected chi connectivity index (χ2v) is 16.9. The fourth-order valence-electron chi connectivity index (χ4n) is 4.26. The Morgan fingerprint density at radius 2 is 1.63 bits per heavy atom. The van der Waals surface area contributed by atoms with E-state index in [0.717, 1.165) is 16.3 Å². The highest BCUT2D eigenvalue weighted by Gasteiger charge is 2.55. The van der Waals surface area contributed by atoms with E-state index in [9.17, 15) is 24.0 Å². The molecule has 0 radical (unpaired) electrons. The highest BCUT2D eigenvalue weighted by Crippen LogP contribution is 2.42. The number of benzene rings is 1. The zero-order chi connectivity index (χ0) is 28.6. The molecule has 1 N–H and O–H groups in total. The zero-order valence-electron chi connectivity index (χ0n) is 23.3. The van der Waals surface area contributed by atoms with Crippen LogP contribution in [0.1, 0.15) is 53.9 Å². The van der Waals surface area contributed by atoms with Crippen molar-refractivity contribution >= 4 is 49.9 Å². The van der Waals surface area contributed by atoms with Gasteiger partial charge >= 0.3 is 5.97 Å². The van der Waals surface area contributed by atoms with Crippen LogP contribution >= 0.6 is 11.9 Å². The minimum Gasteiger partial charge on any atom is -0.515 e. The second-order valence-electron chi connectivity index (χ2n) is 11.4.